The highest BCUT2D eigenvalue weighted by molar-refractivity contribution is 5.20. The lowest BCUT2D eigenvalue weighted by molar-refractivity contribution is 0.0716. The Morgan fingerprint density at radius 3 is 2.62 bits per heavy atom. The molecule has 0 radical (unpaired) electrons. The molecule has 1 aliphatic rings. The highest BCUT2D eigenvalue weighted by Crippen LogP contribution is 2.36. The van der Waals surface area contributed by atoms with E-state index < -0.39 is 0 Å². The molecular weight excluding hydrogens is 198 g/mol. The van der Waals surface area contributed by atoms with Gasteiger partial charge in [0.2, 0.25) is 0 Å². The van der Waals surface area contributed by atoms with Gasteiger partial charge in [-0.25, -0.2) is 0 Å². The summed E-state index contributed by atoms with van der Waals surface area (Å²) in [5.41, 5.74) is 1.98. The maximum absolute atomic E-state index is 10.3. The second kappa shape index (κ2) is 4.96. The number of aromatic nitrogens is 1. The molecule has 1 aromatic rings. The van der Waals surface area contributed by atoms with Crippen molar-refractivity contribution in [2.24, 2.45) is 11.8 Å². The molecule has 1 heterocycles. The minimum atomic E-state index is -0.367. The van der Waals surface area contributed by atoms with Crippen LogP contribution in [-0.4, -0.2) is 10.1 Å². The molecule has 16 heavy (non-hydrogen) atoms. The highest BCUT2D eigenvalue weighted by atomic mass is 16.3. The van der Waals surface area contributed by atoms with Crippen LogP contribution in [0.5, 0.6) is 0 Å². The first-order valence-corrected chi connectivity index (χ1v) is 6.28. The van der Waals surface area contributed by atoms with E-state index in [-0.39, 0.29) is 6.10 Å². The van der Waals surface area contributed by atoms with Crippen LogP contribution in [-0.2, 0) is 0 Å². The first-order chi connectivity index (χ1) is 7.68. The third-order valence-electron chi connectivity index (χ3n) is 3.84. The maximum atomic E-state index is 10.3. The van der Waals surface area contributed by atoms with Crippen LogP contribution < -0.4 is 0 Å². The van der Waals surface area contributed by atoms with E-state index in [1.165, 1.54) is 12.8 Å². The van der Waals surface area contributed by atoms with Crippen molar-refractivity contribution in [3.8, 4) is 0 Å². The zero-order valence-electron chi connectivity index (χ0n) is 10.2. The second-order valence-electron chi connectivity index (χ2n) is 5.17. The zero-order valence-corrected chi connectivity index (χ0v) is 10.2. The van der Waals surface area contributed by atoms with Gasteiger partial charge in [-0.05, 0) is 43.2 Å². The van der Waals surface area contributed by atoms with Crippen LogP contribution in [0.4, 0.5) is 0 Å². The van der Waals surface area contributed by atoms with Crippen LogP contribution in [0.2, 0.25) is 0 Å². The van der Waals surface area contributed by atoms with E-state index in [1.54, 1.807) is 6.20 Å². The Hall–Kier alpha value is -0.890. The Kier molecular flexibility index (Phi) is 3.59. The summed E-state index contributed by atoms with van der Waals surface area (Å²) in [4.78, 5) is 4.32. The van der Waals surface area contributed by atoms with Gasteiger partial charge in [0.05, 0.1) is 11.8 Å². The van der Waals surface area contributed by atoms with Crippen molar-refractivity contribution in [2.75, 3.05) is 0 Å². The third-order valence-corrected chi connectivity index (χ3v) is 3.84. The fourth-order valence-corrected chi connectivity index (χ4v) is 2.63. The normalized spacial score (nSPS) is 27.7. The third kappa shape index (κ3) is 2.43. The molecule has 1 fully saturated rings. The first kappa shape index (κ1) is 11.6. The molecule has 0 aromatic carbocycles. The van der Waals surface area contributed by atoms with Gasteiger partial charge in [0, 0.05) is 6.20 Å². The molecule has 1 N–H and O–H groups in total. The number of nitrogens with zero attached hydrogens (tertiary/aromatic N) is 1. The van der Waals surface area contributed by atoms with E-state index >= 15 is 0 Å². The molecule has 1 atom stereocenters. The molecule has 0 spiro atoms. The summed E-state index contributed by atoms with van der Waals surface area (Å²) < 4.78 is 0. The summed E-state index contributed by atoms with van der Waals surface area (Å²) in [5, 5.41) is 10.3. The van der Waals surface area contributed by atoms with E-state index in [9.17, 15) is 5.11 Å². The van der Waals surface area contributed by atoms with Gasteiger partial charge in [-0.1, -0.05) is 25.8 Å². The van der Waals surface area contributed by atoms with Crippen LogP contribution >= 0.6 is 0 Å². The molecule has 2 heteroatoms. The largest absolute Gasteiger partial charge is 0.387 e. The van der Waals surface area contributed by atoms with Crippen molar-refractivity contribution in [3.63, 3.8) is 0 Å². The molecule has 1 saturated carbocycles. The predicted octanol–water partition coefficient (Wildman–Crippen LogP) is 3.25. The molecule has 1 aliphatic carbocycles. The van der Waals surface area contributed by atoms with Crippen molar-refractivity contribution in [1.82, 2.24) is 4.98 Å². The Labute approximate surface area is 97.7 Å². The van der Waals surface area contributed by atoms with Crippen molar-refractivity contribution < 1.29 is 5.11 Å². The van der Waals surface area contributed by atoms with Gasteiger partial charge >= 0.3 is 0 Å². The average Bonchev–Trinajstić information content (AvgIpc) is 2.30. The van der Waals surface area contributed by atoms with Gasteiger partial charge in [0.1, 0.15) is 0 Å². The zero-order chi connectivity index (χ0) is 11.5. The summed E-state index contributed by atoms with van der Waals surface area (Å²) in [6, 6.07) is 3.95. The van der Waals surface area contributed by atoms with E-state index in [0.29, 0.717) is 5.92 Å². The SMILES string of the molecule is Cc1cccnc1C(O)C1CCC(C)CC1. The van der Waals surface area contributed by atoms with Crippen LogP contribution in [0.1, 0.15) is 50.0 Å². The molecule has 1 unspecified atom stereocenters. The Morgan fingerprint density at radius 2 is 2.00 bits per heavy atom. The van der Waals surface area contributed by atoms with Crippen molar-refractivity contribution in [2.45, 2.75) is 45.6 Å². The number of aliphatic hydroxyl groups is 1. The highest BCUT2D eigenvalue weighted by Gasteiger charge is 2.27. The maximum Gasteiger partial charge on any atom is 0.0990 e. The van der Waals surface area contributed by atoms with Crippen molar-refractivity contribution in [1.29, 1.82) is 0 Å². The van der Waals surface area contributed by atoms with E-state index in [2.05, 4.69) is 11.9 Å². The fraction of sp³-hybridized carbons (Fsp3) is 0.643. The quantitative estimate of drug-likeness (QED) is 0.828. The molecule has 0 saturated heterocycles. The Balaban J connectivity index is 2.07. The van der Waals surface area contributed by atoms with Gasteiger partial charge in [0.15, 0.2) is 0 Å². The lowest BCUT2D eigenvalue weighted by Crippen LogP contribution is -2.20. The predicted molar refractivity (Wildman–Crippen MR) is 65.1 cm³/mol. The van der Waals surface area contributed by atoms with E-state index in [4.69, 9.17) is 0 Å². The molecule has 2 nitrogen and oxygen atoms in total. The summed E-state index contributed by atoms with van der Waals surface area (Å²) >= 11 is 0. The molecule has 0 amide bonds. The molecule has 88 valence electrons. The fourth-order valence-electron chi connectivity index (χ4n) is 2.63. The van der Waals surface area contributed by atoms with Gasteiger partial charge in [-0.15, -0.1) is 0 Å². The topological polar surface area (TPSA) is 33.1 Å². The number of aliphatic hydroxyl groups excluding tert-OH is 1. The lowest BCUT2D eigenvalue weighted by Gasteiger charge is -2.30. The summed E-state index contributed by atoms with van der Waals surface area (Å²) in [6.45, 7) is 4.33. The average molecular weight is 219 g/mol. The van der Waals surface area contributed by atoms with E-state index in [0.717, 1.165) is 30.0 Å². The number of aryl methyl sites for hydroxylation is 1. The Morgan fingerprint density at radius 1 is 1.31 bits per heavy atom. The van der Waals surface area contributed by atoms with Gasteiger partial charge in [-0.2, -0.15) is 0 Å². The smallest absolute Gasteiger partial charge is 0.0990 e. The van der Waals surface area contributed by atoms with Crippen LogP contribution in [0, 0.1) is 18.8 Å². The van der Waals surface area contributed by atoms with Crippen molar-refractivity contribution >= 4 is 0 Å². The van der Waals surface area contributed by atoms with Crippen molar-refractivity contribution in [3.05, 3.63) is 29.6 Å². The summed E-state index contributed by atoms with van der Waals surface area (Å²) in [7, 11) is 0. The minimum Gasteiger partial charge on any atom is -0.387 e. The molecule has 1 aromatic heterocycles. The number of hydrogen-bond donors (Lipinski definition) is 1. The van der Waals surface area contributed by atoms with Crippen LogP contribution in [0.25, 0.3) is 0 Å². The second-order valence-corrected chi connectivity index (χ2v) is 5.17. The van der Waals surface area contributed by atoms with Crippen LogP contribution in [0.15, 0.2) is 18.3 Å². The van der Waals surface area contributed by atoms with E-state index in [1.807, 2.05) is 19.1 Å². The molecule has 0 aliphatic heterocycles. The standard InChI is InChI=1S/C14H21NO/c1-10-5-7-12(8-6-10)14(16)13-11(2)4-3-9-15-13/h3-4,9-10,12,14,16H,5-8H2,1-2H3. The summed E-state index contributed by atoms with van der Waals surface area (Å²) in [6.07, 6.45) is 6.17. The molecular formula is C14H21NO. The first-order valence-electron chi connectivity index (χ1n) is 6.28. The molecule has 2 rings (SSSR count). The summed E-state index contributed by atoms with van der Waals surface area (Å²) in [5.74, 6) is 1.23. The minimum absolute atomic E-state index is 0.367. The number of rotatable bonds is 2. The number of pyridine rings is 1. The van der Waals surface area contributed by atoms with Gasteiger partial charge < -0.3 is 5.11 Å². The molecule has 0 bridgehead atoms. The van der Waals surface area contributed by atoms with Gasteiger partial charge in [-0.3, -0.25) is 4.98 Å². The lowest BCUT2D eigenvalue weighted by atomic mass is 9.79. The monoisotopic (exact) mass is 219 g/mol. The van der Waals surface area contributed by atoms with Gasteiger partial charge in [0.25, 0.3) is 0 Å². The van der Waals surface area contributed by atoms with Crippen LogP contribution in [0.3, 0.4) is 0 Å². The Bertz CT molecular complexity index is 342. The number of hydrogen-bond acceptors (Lipinski definition) is 2.